The molecule has 0 heterocycles. The monoisotopic (exact) mass is 989 g/mol. The summed E-state index contributed by atoms with van der Waals surface area (Å²) in [4.78, 5) is 37.8. The first-order valence-corrected chi connectivity index (χ1v) is 30.1. The largest absolute Gasteiger partial charge is 0.462 e. The fraction of sp³-hybridized carbons (Fsp3) is 0.738. The predicted molar refractivity (Wildman–Crippen MR) is 307 cm³/mol. The summed E-state index contributed by atoms with van der Waals surface area (Å²) in [6.45, 7) is 6.46. The van der Waals surface area contributed by atoms with E-state index in [-0.39, 0.29) is 31.1 Å². The Morgan fingerprint density at radius 1 is 0.296 bits per heavy atom. The summed E-state index contributed by atoms with van der Waals surface area (Å²) in [5, 5.41) is 0. The third kappa shape index (κ3) is 57.4. The summed E-state index contributed by atoms with van der Waals surface area (Å²) >= 11 is 0. The Balaban J connectivity index is 4.09. The van der Waals surface area contributed by atoms with Gasteiger partial charge in [-0.25, -0.2) is 0 Å². The van der Waals surface area contributed by atoms with E-state index in [1.165, 1.54) is 135 Å². The molecule has 408 valence electrons. The fourth-order valence-electron chi connectivity index (χ4n) is 8.42. The van der Waals surface area contributed by atoms with Gasteiger partial charge in [0.25, 0.3) is 0 Å². The Hall–Kier alpha value is -3.41. The van der Waals surface area contributed by atoms with E-state index >= 15 is 0 Å². The third-order valence-corrected chi connectivity index (χ3v) is 12.9. The molecule has 6 nitrogen and oxygen atoms in total. The van der Waals surface area contributed by atoms with Crippen molar-refractivity contribution in [2.24, 2.45) is 0 Å². The smallest absolute Gasteiger partial charge is 0.306 e. The zero-order valence-electron chi connectivity index (χ0n) is 46.7. The van der Waals surface area contributed by atoms with Gasteiger partial charge in [0.1, 0.15) is 13.2 Å². The molecule has 0 spiro atoms. The number of hydrogen-bond donors (Lipinski definition) is 0. The average Bonchev–Trinajstić information content (AvgIpc) is 3.37. The predicted octanol–water partition coefficient (Wildman–Crippen LogP) is 20.3. The molecule has 0 aliphatic rings. The van der Waals surface area contributed by atoms with Gasteiger partial charge in [-0.05, 0) is 77.0 Å². The second-order valence-corrected chi connectivity index (χ2v) is 19.9. The van der Waals surface area contributed by atoms with Crippen molar-refractivity contribution in [1.29, 1.82) is 0 Å². The van der Waals surface area contributed by atoms with Crippen LogP contribution >= 0.6 is 0 Å². The standard InChI is InChI=1S/C65H112O6/c1-4-7-10-13-15-17-19-21-23-25-27-28-29-30-31-32-33-34-35-36-38-39-41-43-45-47-49-52-55-58-64(67)70-61-62(60-69-63(66)57-54-51-12-9-6-3)71-65(68)59-56-53-50-48-46-44-42-40-37-26-24-22-20-18-16-14-11-8-5-2/h7,10,15,17,21,23,27-28,30-31,33-34,36,38,62H,4-6,8-9,11-14,16,18-20,22,24-26,29,32,35,37,39-61H2,1-3H3/b10-7-,17-15-,23-21-,28-27-,31-30-,34-33-,38-36-. The van der Waals surface area contributed by atoms with Crippen molar-refractivity contribution >= 4 is 17.9 Å². The average molecular weight is 990 g/mol. The minimum atomic E-state index is -0.776. The van der Waals surface area contributed by atoms with E-state index in [1.54, 1.807) is 0 Å². The molecule has 71 heavy (non-hydrogen) atoms. The summed E-state index contributed by atoms with van der Waals surface area (Å²) in [7, 11) is 0. The highest BCUT2D eigenvalue weighted by molar-refractivity contribution is 5.71. The van der Waals surface area contributed by atoms with Gasteiger partial charge in [-0.15, -0.1) is 0 Å². The maximum Gasteiger partial charge on any atom is 0.306 e. The van der Waals surface area contributed by atoms with Crippen LogP contribution in [0.25, 0.3) is 0 Å². The first kappa shape index (κ1) is 67.6. The SMILES string of the molecule is CC/C=C\C/C=C\C/C=C\C/C=C\C/C=C\C/C=C\C/C=C\CCCCCCCCCC(=O)OCC(COC(=O)CCCCCCC)OC(=O)CCCCCCCCCCCCCCCCCCCCC. The van der Waals surface area contributed by atoms with Crippen molar-refractivity contribution in [2.45, 2.75) is 297 Å². The number of esters is 3. The van der Waals surface area contributed by atoms with E-state index < -0.39 is 6.10 Å². The Bertz CT molecular complexity index is 1370. The Kier molecular flexibility index (Phi) is 56.3. The van der Waals surface area contributed by atoms with Crippen molar-refractivity contribution in [3.63, 3.8) is 0 Å². The molecule has 0 aromatic rings. The van der Waals surface area contributed by atoms with E-state index in [0.29, 0.717) is 19.3 Å². The highest BCUT2D eigenvalue weighted by Gasteiger charge is 2.19. The van der Waals surface area contributed by atoms with Crippen LogP contribution in [0.4, 0.5) is 0 Å². The summed E-state index contributed by atoms with van der Waals surface area (Å²) in [5.41, 5.74) is 0. The molecule has 0 saturated carbocycles. The summed E-state index contributed by atoms with van der Waals surface area (Å²) in [5.74, 6) is -0.894. The highest BCUT2D eigenvalue weighted by atomic mass is 16.6. The van der Waals surface area contributed by atoms with Crippen LogP contribution in [-0.2, 0) is 28.6 Å². The third-order valence-electron chi connectivity index (χ3n) is 12.9. The molecule has 0 rings (SSSR count). The normalized spacial score (nSPS) is 12.7. The van der Waals surface area contributed by atoms with Gasteiger partial charge in [0.05, 0.1) is 0 Å². The lowest BCUT2D eigenvalue weighted by Gasteiger charge is -2.18. The summed E-state index contributed by atoms with van der Waals surface area (Å²) in [6.07, 6.45) is 77.7. The molecule has 0 aliphatic heterocycles. The zero-order valence-corrected chi connectivity index (χ0v) is 46.7. The van der Waals surface area contributed by atoms with E-state index in [1.807, 2.05) is 0 Å². The second kappa shape index (κ2) is 59.2. The fourth-order valence-corrected chi connectivity index (χ4v) is 8.42. The molecule has 0 amide bonds. The molecule has 6 heteroatoms. The van der Waals surface area contributed by atoms with Crippen LogP contribution in [0.2, 0.25) is 0 Å². The number of carbonyl (C=O) groups excluding carboxylic acids is 3. The molecule has 0 radical (unpaired) electrons. The van der Waals surface area contributed by atoms with E-state index in [9.17, 15) is 14.4 Å². The van der Waals surface area contributed by atoms with Gasteiger partial charge in [0, 0.05) is 19.3 Å². The molecule has 0 fully saturated rings. The quantitative estimate of drug-likeness (QED) is 0.0261. The summed E-state index contributed by atoms with van der Waals surface area (Å²) < 4.78 is 16.7. The maximum absolute atomic E-state index is 12.8. The van der Waals surface area contributed by atoms with Crippen LogP contribution in [0.5, 0.6) is 0 Å². The van der Waals surface area contributed by atoms with Gasteiger partial charge in [-0.2, -0.15) is 0 Å². The van der Waals surface area contributed by atoms with Crippen LogP contribution in [0.1, 0.15) is 290 Å². The number of allylic oxidation sites excluding steroid dienone is 14. The molecule has 0 N–H and O–H groups in total. The van der Waals surface area contributed by atoms with Crippen LogP contribution in [0, 0.1) is 0 Å². The lowest BCUT2D eigenvalue weighted by atomic mass is 10.0. The van der Waals surface area contributed by atoms with Crippen molar-refractivity contribution in [3.8, 4) is 0 Å². The van der Waals surface area contributed by atoms with Crippen molar-refractivity contribution < 1.29 is 28.6 Å². The van der Waals surface area contributed by atoms with Gasteiger partial charge in [-0.1, -0.05) is 279 Å². The van der Waals surface area contributed by atoms with Gasteiger partial charge in [0.2, 0.25) is 0 Å². The zero-order chi connectivity index (χ0) is 51.4. The van der Waals surface area contributed by atoms with E-state index in [4.69, 9.17) is 14.2 Å². The molecule has 0 aromatic carbocycles. The minimum absolute atomic E-state index is 0.0781. The molecule has 0 saturated heterocycles. The van der Waals surface area contributed by atoms with Crippen LogP contribution in [-0.4, -0.2) is 37.2 Å². The number of hydrogen-bond acceptors (Lipinski definition) is 6. The van der Waals surface area contributed by atoms with Crippen molar-refractivity contribution in [2.75, 3.05) is 13.2 Å². The Morgan fingerprint density at radius 3 is 0.859 bits per heavy atom. The van der Waals surface area contributed by atoms with Gasteiger partial charge in [-0.3, -0.25) is 14.4 Å². The lowest BCUT2D eigenvalue weighted by Crippen LogP contribution is -2.30. The van der Waals surface area contributed by atoms with E-state index in [0.717, 1.165) is 116 Å². The number of carbonyl (C=O) groups is 3. The number of unbranched alkanes of at least 4 members (excludes halogenated alkanes) is 29. The Labute approximate surface area is 439 Å². The topological polar surface area (TPSA) is 78.9 Å². The second-order valence-electron chi connectivity index (χ2n) is 19.9. The molecule has 1 atom stereocenters. The van der Waals surface area contributed by atoms with Gasteiger partial charge < -0.3 is 14.2 Å². The lowest BCUT2D eigenvalue weighted by molar-refractivity contribution is -0.167. The van der Waals surface area contributed by atoms with Crippen molar-refractivity contribution in [1.82, 2.24) is 0 Å². The molecular weight excluding hydrogens is 877 g/mol. The van der Waals surface area contributed by atoms with Crippen LogP contribution in [0.3, 0.4) is 0 Å². The van der Waals surface area contributed by atoms with E-state index in [2.05, 4.69) is 106 Å². The van der Waals surface area contributed by atoms with Gasteiger partial charge >= 0.3 is 17.9 Å². The molecule has 0 aliphatic carbocycles. The van der Waals surface area contributed by atoms with Gasteiger partial charge in [0.15, 0.2) is 6.10 Å². The number of rotatable bonds is 54. The highest BCUT2D eigenvalue weighted by Crippen LogP contribution is 2.16. The Morgan fingerprint density at radius 2 is 0.549 bits per heavy atom. The minimum Gasteiger partial charge on any atom is -0.462 e. The first-order valence-electron chi connectivity index (χ1n) is 30.1. The molecular formula is C65H112O6. The molecule has 0 bridgehead atoms. The number of ether oxygens (including phenoxy) is 3. The van der Waals surface area contributed by atoms with Crippen molar-refractivity contribution in [3.05, 3.63) is 85.1 Å². The molecule has 1 unspecified atom stereocenters. The maximum atomic E-state index is 12.8. The first-order chi connectivity index (χ1) is 35.0. The summed E-state index contributed by atoms with van der Waals surface area (Å²) in [6, 6.07) is 0. The molecule has 0 aromatic heterocycles. The van der Waals surface area contributed by atoms with Crippen LogP contribution < -0.4 is 0 Å². The van der Waals surface area contributed by atoms with Crippen LogP contribution in [0.15, 0.2) is 85.1 Å².